The highest BCUT2D eigenvalue weighted by Crippen LogP contribution is 2.31. The van der Waals surface area contributed by atoms with E-state index in [1.807, 2.05) is 0 Å². The largest absolute Gasteiger partial charge is 0.471 e. The molecule has 29 heavy (non-hydrogen) atoms. The van der Waals surface area contributed by atoms with E-state index in [0.29, 0.717) is 0 Å². The first kappa shape index (κ1) is 21.1. The molecule has 0 radical (unpaired) electrons. The Morgan fingerprint density at radius 1 is 1.21 bits per heavy atom. The van der Waals surface area contributed by atoms with Crippen LogP contribution in [0.5, 0.6) is 0 Å². The zero-order valence-electron chi connectivity index (χ0n) is 14.9. The van der Waals surface area contributed by atoms with E-state index in [-0.39, 0.29) is 28.5 Å². The molecule has 3 rings (SSSR count). The molecule has 0 spiro atoms. The van der Waals surface area contributed by atoms with Gasteiger partial charge in [-0.25, -0.2) is 9.19 Å². The Hall–Kier alpha value is -2.64. The van der Waals surface area contributed by atoms with Gasteiger partial charge in [0.15, 0.2) is 5.82 Å². The van der Waals surface area contributed by atoms with Crippen molar-refractivity contribution in [1.29, 1.82) is 0 Å². The molecule has 3 aromatic heterocycles. The van der Waals surface area contributed by atoms with Crippen LogP contribution in [0.15, 0.2) is 27.2 Å². The third-order valence-corrected chi connectivity index (χ3v) is 5.26. The predicted molar refractivity (Wildman–Crippen MR) is 89.9 cm³/mol. The summed E-state index contributed by atoms with van der Waals surface area (Å²) in [5.74, 6) is -2.41. The van der Waals surface area contributed by atoms with E-state index in [9.17, 15) is 30.6 Å². The van der Waals surface area contributed by atoms with Crippen molar-refractivity contribution in [1.82, 2.24) is 19.5 Å². The highest BCUT2D eigenvalue weighted by Gasteiger charge is 2.38. The third kappa shape index (κ3) is 4.86. The van der Waals surface area contributed by atoms with Gasteiger partial charge < -0.3 is 4.52 Å². The lowest BCUT2D eigenvalue weighted by molar-refractivity contribution is -0.159. The van der Waals surface area contributed by atoms with Crippen LogP contribution in [0, 0.1) is 6.92 Å². The van der Waals surface area contributed by atoms with Crippen molar-refractivity contribution in [3.8, 4) is 11.4 Å². The van der Waals surface area contributed by atoms with Crippen molar-refractivity contribution in [2.24, 2.45) is 4.36 Å². The topological polar surface area (TPSA) is 85.7 Å². The second-order valence-electron chi connectivity index (χ2n) is 6.21. The minimum Gasteiger partial charge on any atom is -0.329 e. The molecule has 1 atom stereocenters. The lowest BCUT2D eigenvalue weighted by Gasteiger charge is -2.08. The van der Waals surface area contributed by atoms with Crippen molar-refractivity contribution in [2.45, 2.75) is 25.7 Å². The molecule has 0 saturated carbocycles. The summed E-state index contributed by atoms with van der Waals surface area (Å²) in [5.41, 5.74) is 0.665. The maximum atomic E-state index is 12.6. The van der Waals surface area contributed by atoms with Gasteiger partial charge in [0, 0.05) is 23.8 Å². The van der Waals surface area contributed by atoms with Crippen LogP contribution < -0.4 is 0 Å². The lowest BCUT2D eigenvalue weighted by atomic mass is 10.2. The average Bonchev–Trinajstić information content (AvgIpc) is 3.18. The molecular formula is C15H13F6N5O2S. The Kier molecular flexibility index (Phi) is 5.09. The number of fused-ring (bicyclic) bond motifs is 1. The van der Waals surface area contributed by atoms with Gasteiger partial charge in [-0.15, -0.1) is 0 Å². The van der Waals surface area contributed by atoms with Crippen molar-refractivity contribution in [3.05, 3.63) is 29.9 Å². The Labute approximate surface area is 159 Å². The summed E-state index contributed by atoms with van der Waals surface area (Å²) >= 11 is 0. The Balaban J connectivity index is 1.98. The van der Waals surface area contributed by atoms with E-state index in [1.54, 1.807) is 0 Å². The van der Waals surface area contributed by atoms with Gasteiger partial charge in [-0.1, -0.05) is 5.16 Å². The van der Waals surface area contributed by atoms with E-state index in [4.69, 9.17) is 0 Å². The lowest BCUT2D eigenvalue weighted by Crippen LogP contribution is -2.15. The summed E-state index contributed by atoms with van der Waals surface area (Å²) in [5, 5.41) is 3.28. The zero-order valence-corrected chi connectivity index (χ0v) is 15.7. The molecule has 0 bridgehead atoms. The molecule has 14 heteroatoms. The number of halogens is 6. The zero-order chi connectivity index (χ0) is 21.6. The highest BCUT2D eigenvalue weighted by molar-refractivity contribution is 7.93. The van der Waals surface area contributed by atoms with Crippen LogP contribution in [0.3, 0.4) is 0 Å². The van der Waals surface area contributed by atoms with Crippen LogP contribution in [0.4, 0.5) is 32.2 Å². The van der Waals surface area contributed by atoms with Crippen molar-refractivity contribution < 1.29 is 35.1 Å². The number of aromatic nitrogens is 4. The number of aryl methyl sites for hydroxylation is 1. The SMILES string of the molecule is Cc1nc2cc(-c3noc(C(F)(F)F)n3)ccn2c1N=S(C)(=O)CCC(F)(F)F. The van der Waals surface area contributed by atoms with Crippen LogP contribution >= 0.6 is 0 Å². The molecule has 3 aromatic rings. The van der Waals surface area contributed by atoms with Crippen LogP contribution in [0.2, 0.25) is 0 Å². The van der Waals surface area contributed by atoms with E-state index in [2.05, 4.69) is 24.0 Å². The molecule has 1 unspecified atom stereocenters. The van der Waals surface area contributed by atoms with Gasteiger partial charge in [0.05, 0.1) is 21.8 Å². The summed E-state index contributed by atoms with van der Waals surface area (Å²) in [6, 6.07) is 2.70. The van der Waals surface area contributed by atoms with Gasteiger partial charge in [-0.3, -0.25) is 4.40 Å². The number of imidazole rings is 1. The minimum atomic E-state index is -4.79. The first-order valence-electron chi connectivity index (χ1n) is 7.92. The Bertz CT molecular complexity index is 1170. The van der Waals surface area contributed by atoms with Crippen LogP contribution in [-0.2, 0) is 15.9 Å². The maximum Gasteiger partial charge on any atom is 0.471 e. The average molecular weight is 441 g/mol. The Morgan fingerprint density at radius 3 is 2.48 bits per heavy atom. The summed E-state index contributed by atoms with van der Waals surface area (Å²) in [4.78, 5) is 7.44. The highest BCUT2D eigenvalue weighted by atomic mass is 32.2. The third-order valence-electron chi connectivity index (χ3n) is 3.74. The van der Waals surface area contributed by atoms with Crippen molar-refractivity contribution in [2.75, 3.05) is 12.0 Å². The monoisotopic (exact) mass is 441 g/mol. The van der Waals surface area contributed by atoms with Gasteiger partial charge >= 0.3 is 18.2 Å². The van der Waals surface area contributed by atoms with Crippen LogP contribution in [0.1, 0.15) is 18.0 Å². The van der Waals surface area contributed by atoms with Gasteiger partial charge in [-0.2, -0.15) is 35.7 Å². The normalized spacial score (nSPS) is 14.9. The van der Waals surface area contributed by atoms with Gasteiger partial charge in [0.1, 0.15) is 5.65 Å². The molecule has 0 saturated heterocycles. The van der Waals surface area contributed by atoms with Gasteiger partial charge in [0.2, 0.25) is 5.82 Å². The summed E-state index contributed by atoms with van der Waals surface area (Å²) in [7, 11) is -3.20. The molecule has 158 valence electrons. The minimum absolute atomic E-state index is 0.0883. The summed E-state index contributed by atoms with van der Waals surface area (Å²) in [6.45, 7) is 1.51. The van der Waals surface area contributed by atoms with Crippen LogP contribution in [0.25, 0.3) is 17.0 Å². The van der Waals surface area contributed by atoms with Crippen molar-refractivity contribution in [3.63, 3.8) is 0 Å². The maximum absolute atomic E-state index is 12.6. The summed E-state index contributed by atoms with van der Waals surface area (Å²) < 4.78 is 96.9. The van der Waals surface area contributed by atoms with E-state index in [1.165, 1.54) is 29.7 Å². The number of rotatable bonds is 4. The number of pyridine rings is 1. The second kappa shape index (κ2) is 7.00. The molecule has 0 amide bonds. The molecule has 0 N–H and O–H groups in total. The van der Waals surface area contributed by atoms with Gasteiger partial charge in [-0.05, 0) is 19.1 Å². The quantitative estimate of drug-likeness (QED) is 0.561. The molecule has 0 aliphatic carbocycles. The summed E-state index contributed by atoms with van der Waals surface area (Å²) in [6.07, 6.45) is -8.01. The fraction of sp³-hybridized carbons (Fsp3) is 0.400. The Morgan fingerprint density at radius 2 is 1.90 bits per heavy atom. The second-order valence-corrected chi connectivity index (χ2v) is 8.71. The predicted octanol–water partition coefficient (Wildman–Crippen LogP) is 4.39. The fourth-order valence-electron chi connectivity index (χ4n) is 2.39. The number of alkyl halides is 6. The van der Waals surface area contributed by atoms with E-state index < -0.39 is 40.1 Å². The van der Waals surface area contributed by atoms with Gasteiger partial charge in [0.25, 0.3) is 0 Å². The molecule has 0 aliphatic rings. The molecule has 0 aliphatic heterocycles. The fourth-order valence-corrected chi connectivity index (χ4v) is 3.68. The number of hydrogen-bond donors (Lipinski definition) is 0. The standard InChI is InChI=1S/C15H13F6N5O2S/c1-8-12(25-29(2,27)6-4-14(16,17)18)26-5-3-9(7-10(26)22-8)11-23-13(28-24-11)15(19,20)21/h3,5,7H,4,6H2,1-2H3. The smallest absolute Gasteiger partial charge is 0.329 e. The number of hydrogen-bond acceptors (Lipinski definition) is 6. The van der Waals surface area contributed by atoms with E-state index in [0.717, 1.165) is 6.26 Å². The first-order chi connectivity index (χ1) is 13.3. The first-order valence-corrected chi connectivity index (χ1v) is 10.0. The molecule has 0 aromatic carbocycles. The number of nitrogens with zero attached hydrogens (tertiary/aromatic N) is 5. The van der Waals surface area contributed by atoms with Crippen LogP contribution in [-0.4, -0.2) is 41.9 Å². The molecule has 3 heterocycles. The van der Waals surface area contributed by atoms with E-state index >= 15 is 0 Å². The van der Waals surface area contributed by atoms with Crippen molar-refractivity contribution >= 4 is 21.2 Å². The molecule has 0 fully saturated rings. The molecule has 7 nitrogen and oxygen atoms in total. The molecular weight excluding hydrogens is 428 g/mol.